The summed E-state index contributed by atoms with van der Waals surface area (Å²) in [5.74, 6) is 0. The number of nitrogens with one attached hydrogen (secondary N) is 1. The third-order valence-corrected chi connectivity index (χ3v) is 3.50. The van der Waals surface area contributed by atoms with Crippen molar-refractivity contribution in [2.75, 3.05) is 7.11 Å². The minimum atomic E-state index is 0. The lowest BCUT2D eigenvalue weighted by molar-refractivity contribution is 0.0418. The maximum Gasteiger partial charge on any atom is 0.0766 e. The molecule has 2 heterocycles. The molecule has 82 valence electrons. The summed E-state index contributed by atoms with van der Waals surface area (Å²) < 4.78 is 5.52. The van der Waals surface area contributed by atoms with Gasteiger partial charge in [-0.2, -0.15) is 0 Å². The highest BCUT2D eigenvalue weighted by Crippen LogP contribution is 2.43. The summed E-state index contributed by atoms with van der Waals surface area (Å²) in [6, 6.07) is 9.71. The van der Waals surface area contributed by atoms with Crippen LogP contribution < -0.4 is 5.32 Å². The third kappa shape index (κ3) is 1.57. The van der Waals surface area contributed by atoms with Crippen molar-refractivity contribution in [3.05, 3.63) is 35.4 Å². The second-order valence-electron chi connectivity index (χ2n) is 4.18. The molecule has 0 aliphatic carbocycles. The minimum Gasteiger partial charge on any atom is -0.379 e. The van der Waals surface area contributed by atoms with Crippen molar-refractivity contribution in [3.63, 3.8) is 0 Å². The van der Waals surface area contributed by atoms with Gasteiger partial charge in [-0.15, -0.1) is 12.4 Å². The lowest BCUT2D eigenvalue weighted by Gasteiger charge is -2.29. The first-order valence-electron chi connectivity index (χ1n) is 5.28. The summed E-state index contributed by atoms with van der Waals surface area (Å²) in [4.78, 5) is 0. The van der Waals surface area contributed by atoms with Crippen molar-refractivity contribution >= 4 is 12.4 Å². The highest BCUT2D eigenvalue weighted by atomic mass is 35.5. The van der Waals surface area contributed by atoms with Gasteiger partial charge in [0.25, 0.3) is 0 Å². The number of piperidine rings is 1. The summed E-state index contributed by atoms with van der Waals surface area (Å²) in [5, 5.41) is 3.63. The van der Waals surface area contributed by atoms with Crippen LogP contribution in [-0.2, 0) is 4.74 Å². The Morgan fingerprint density at radius 1 is 1.20 bits per heavy atom. The number of rotatable bonds is 1. The Hall–Kier alpha value is -0.570. The zero-order valence-electron chi connectivity index (χ0n) is 8.77. The summed E-state index contributed by atoms with van der Waals surface area (Å²) >= 11 is 0. The molecule has 3 atom stereocenters. The SMILES string of the molecule is COC1CCC2NC1c1ccccc12.Cl. The van der Waals surface area contributed by atoms with Gasteiger partial charge in [-0.3, -0.25) is 0 Å². The zero-order valence-corrected chi connectivity index (χ0v) is 9.59. The van der Waals surface area contributed by atoms with Gasteiger partial charge in [0.1, 0.15) is 0 Å². The van der Waals surface area contributed by atoms with E-state index in [2.05, 4.69) is 29.6 Å². The monoisotopic (exact) mass is 225 g/mol. The van der Waals surface area contributed by atoms with Gasteiger partial charge >= 0.3 is 0 Å². The summed E-state index contributed by atoms with van der Waals surface area (Å²) in [5.41, 5.74) is 2.93. The largest absolute Gasteiger partial charge is 0.379 e. The van der Waals surface area contributed by atoms with Crippen LogP contribution >= 0.6 is 12.4 Å². The Kier molecular flexibility index (Phi) is 3.01. The summed E-state index contributed by atoms with van der Waals surface area (Å²) in [7, 11) is 1.81. The Labute approximate surface area is 96.4 Å². The Morgan fingerprint density at radius 3 is 2.67 bits per heavy atom. The fourth-order valence-corrected chi connectivity index (χ4v) is 2.81. The highest BCUT2D eigenvalue weighted by Gasteiger charge is 2.39. The molecule has 2 aliphatic heterocycles. The van der Waals surface area contributed by atoms with Crippen LogP contribution in [0.25, 0.3) is 0 Å². The van der Waals surface area contributed by atoms with Gasteiger partial charge in [0.05, 0.1) is 12.1 Å². The molecule has 3 rings (SSSR count). The number of hydrogen-bond donors (Lipinski definition) is 1. The standard InChI is InChI=1S/C12H15NO.ClH/c1-14-11-7-6-10-8-4-2-3-5-9(8)12(11)13-10;/h2-5,10-13H,6-7H2,1H3;1H. The van der Waals surface area contributed by atoms with Crippen molar-refractivity contribution in [1.82, 2.24) is 5.32 Å². The van der Waals surface area contributed by atoms with Crippen LogP contribution in [0, 0.1) is 0 Å². The molecular formula is C12H16ClNO. The number of hydrogen-bond acceptors (Lipinski definition) is 2. The van der Waals surface area contributed by atoms with E-state index in [0.717, 1.165) is 0 Å². The van der Waals surface area contributed by atoms with Crippen LogP contribution in [-0.4, -0.2) is 13.2 Å². The Bertz CT molecular complexity index is 355. The molecule has 2 nitrogen and oxygen atoms in total. The molecule has 1 fully saturated rings. The van der Waals surface area contributed by atoms with Gasteiger partial charge in [0, 0.05) is 13.2 Å². The molecule has 0 spiro atoms. The molecule has 1 aromatic carbocycles. The van der Waals surface area contributed by atoms with Gasteiger partial charge in [-0.25, -0.2) is 0 Å². The van der Waals surface area contributed by atoms with Gasteiger partial charge in [-0.1, -0.05) is 24.3 Å². The molecule has 1 aromatic rings. The van der Waals surface area contributed by atoms with Crippen molar-refractivity contribution in [3.8, 4) is 0 Å². The molecule has 0 saturated carbocycles. The average molecular weight is 226 g/mol. The maximum atomic E-state index is 5.52. The van der Waals surface area contributed by atoms with E-state index in [0.29, 0.717) is 18.2 Å². The number of fused-ring (bicyclic) bond motifs is 5. The van der Waals surface area contributed by atoms with Gasteiger partial charge < -0.3 is 10.1 Å². The van der Waals surface area contributed by atoms with E-state index < -0.39 is 0 Å². The fraction of sp³-hybridized carbons (Fsp3) is 0.500. The van der Waals surface area contributed by atoms with E-state index in [1.54, 1.807) is 0 Å². The molecule has 1 N–H and O–H groups in total. The van der Waals surface area contributed by atoms with Crippen LogP contribution in [0.1, 0.15) is 36.1 Å². The Morgan fingerprint density at radius 2 is 1.93 bits per heavy atom. The normalized spacial score (nSPS) is 31.9. The molecular weight excluding hydrogens is 210 g/mol. The topological polar surface area (TPSA) is 21.3 Å². The second-order valence-corrected chi connectivity index (χ2v) is 4.18. The first kappa shape index (κ1) is 10.9. The first-order chi connectivity index (χ1) is 6.90. The van der Waals surface area contributed by atoms with Gasteiger partial charge in [-0.05, 0) is 24.0 Å². The molecule has 2 aliphatic rings. The number of benzene rings is 1. The van der Waals surface area contributed by atoms with Crippen molar-refractivity contribution in [2.45, 2.75) is 31.0 Å². The molecule has 0 radical (unpaired) electrons. The van der Waals surface area contributed by atoms with Crippen molar-refractivity contribution < 1.29 is 4.74 Å². The predicted molar refractivity (Wildman–Crippen MR) is 62.3 cm³/mol. The van der Waals surface area contributed by atoms with Gasteiger partial charge in [0.15, 0.2) is 0 Å². The van der Waals surface area contributed by atoms with E-state index >= 15 is 0 Å². The Balaban J connectivity index is 0.000000853. The summed E-state index contributed by atoms with van der Waals surface area (Å²) in [6.07, 6.45) is 2.73. The van der Waals surface area contributed by atoms with Crippen LogP contribution in [0.15, 0.2) is 24.3 Å². The van der Waals surface area contributed by atoms with Gasteiger partial charge in [0.2, 0.25) is 0 Å². The molecule has 2 bridgehead atoms. The zero-order chi connectivity index (χ0) is 9.54. The molecule has 0 amide bonds. The molecule has 1 saturated heterocycles. The highest BCUT2D eigenvalue weighted by molar-refractivity contribution is 5.85. The molecule has 3 heteroatoms. The van der Waals surface area contributed by atoms with E-state index in [-0.39, 0.29) is 12.4 Å². The van der Waals surface area contributed by atoms with E-state index in [9.17, 15) is 0 Å². The molecule has 15 heavy (non-hydrogen) atoms. The second kappa shape index (κ2) is 4.12. The van der Waals surface area contributed by atoms with Crippen LogP contribution in [0.3, 0.4) is 0 Å². The van der Waals surface area contributed by atoms with Crippen LogP contribution in [0.5, 0.6) is 0 Å². The van der Waals surface area contributed by atoms with Crippen molar-refractivity contribution in [2.24, 2.45) is 0 Å². The van der Waals surface area contributed by atoms with Crippen molar-refractivity contribution in [1.29, 1.82) is 0 Å². The minimum absolute atomic E-state index is 0. The smallest absolute Gasteiger partial charge is 0.0766 e. The van der Waals surface area contributed by atoms with E-state index in [1.165, 1.54) is 24.0 Å². The third-order valence-electron chi connectivity index (χ3n) is 3.50. The molecule has 3 unspecified atom stereocenters. The number of halogens is 1. The number of methoxy groups -OCH3 is 1. The fourth-order valence-electron chi connectivity index (χ4n) is 2.81. The van der Waals surface area contributed by atoms with E-state index in [4.69, 9.17) is 4.74 Å². The lowest BCUT2D eigenvalue weighted by atomic mass is 10.0. The van der Waals surface area contributed by atoms with Crippen LogP contribution in [0.4, 0.5) is 0 Å². The first-order valence-corrected chi connectivity index (χ1v) is 5.28. The van der Waals surface area contributed by atoms with E-state index in [1.807, 2.05) is 7.11 Å². The predicted octanol–water partition coefficient (Wildman–Crippen LogP) is 2.60. The lowest BCUT2D eigenvalue weighted by Crippen LogP contribution is -2.35. The quantitative estimate of drug-likeness (QED) is 0.794. The number of ether oxygens (including phenoxy) is 1. The molecule has 0 aromatic heterocycles. The summed E-state index contributed by atoms with van der Waals surface area (Å²) in [6.45, 7) is 0. The van der Waals surface area contributed by atoms with Crippen LogP contribution in [0.2, 0.25) is 0 Å². The maximum absolute atomic E-state index is 5.52. The average Bonchev–Trinajstić information content (AvgIpc) is 2.55.